The maximum atomic E-state index is 14.8. The van der Waals surface area contributed by atoms with Gasteiger partial charge in [0.05, 0.1) is 29.5 Å². The Hall–Kier alpha value is -3.80. The second-order valence-electron chi connectivity index (χ2n) is 8.55. The van der Waals surface area contributed by atoms with Gasteiger partial charge in [-0.2, -0.15) is 0 Å². The van der Waals surface area contributed by atoms with Crippen molar-refractivity contribution in [2.75, 3.05) is 4.90 Å². The smallest absolute Gasteiger partial charge is 0.237 e. The summed E-state index contributed by atoms with van der Waals surface area (Å²) in [6.07, 6.45) is 1.87. The molecule has 2 aliphatic rings. The van der Waals surface area contributed by atoms with Crippen LogP contribution in [0.3, 0.4) is 0 Å². The predicted octanol–water partition coefficient (Wildman–Crippen LogP) is 4.88. The molecule has 1 aromatic heterocycles. The number of benzene rings is 3. The van der Waals surface area contributed by atoms with E-state index in [2.05, 4.69) is 10.3 Å². The van der Waals surface area contributed by atoms with E-state index in [1.807, 2.05) is 68.6 Å². The fraction of sp³-hybridized carbons (Fsp3) is 0.160. The Kier molecular flexibility index (Phi) is 3.55. The van der Waals surface area contributed by atoms with E-state index in [4.69, 9.17) is 0 Å². The minimum atomic E-state index is -0.664. The zero-order chi connectivity index (χ0) is 21.3. The zero-order valence-electron chi connectivity index (χ0n) is 17.1. The number of hydrogen-bond acceptors (Lipinski definition) is 3. The molecule has 0 saturated carbocycles. The standard InChI is InChI=1S/C25H19FN4O/c1-25(2)19-12-11-17(21-14-30(28-27-21)15-7-4-3-5-8-15)22-16-9-6-10-20(26)18(16)13-29(23(19)22)24(25)31/h3-12,14H,13H2,1-2H3. The Morgan fingerprint density at radius 2 is 1.77 bits per heavy atom. The third-order valence-electron chi connectivity index (χ3n) is 6.40. The molecule has 6 heteroatoms. The zero-order valence-corrected chi connectivity index (χ0v) is 17.1. The maximum absolute atomic E-state index is 14.8. The molecule has 5 nitrogen and oxygen atoms in total. The lowest BCUT2D eigenvalue weighted by atomic mass is 9.82. The van der Waals surface area contributed by atoms with Gasteiger partial charge in [0, 0.05) is 16.7 Å². The van der Waals surface area contributed by atoms with Gasteiger partial charge in [-0.3, -0.25) is 4.79 Å². The van der Waals surface area contributed by atoms with Crippen LogP contribution in [0.25, 0.3) is 28.1 Å². The summed E-state index contributed by atoms with van der Waals surface area (Å²) in [6.45, 7) is 4.09. The number of anilines is 1. The molecule has 0 aliphatic carbocycles. The first-order chi connectivity index (χ1) is 15.0. The highest BCUT2D eigenvalue weighted by atomic mass is 19.1. The molecular formula is C25H19FN4O. The molecule has 0 bridgehead atoms. The van der Waals surface area contributed by atoms with Gasteiger partial charge in [0.2, 0.25) is 5.91 Å². The van der Waals surface area contributed by atoms with Crippen molar-refractivity contribution >= 4 is 11.6 Å². The van der Waals surface area contributed by atoms with E-state index in [0.717, 1.165) is 33.6 Å². The van der Waals surface area contributed by atoms with Crippen molar-refractivity contribution in [2.24, 2.45) is 0 Å². The second-order valence-corrected chi connectivity index (χ2v) is 8.55. The van der Waals surface area contributed by atoms with E-state index in [0.29, 0.717) is 11.3 Å². The van der Waals surface area contributed by atoms with Crippen LogP contribution in [0.15, 0.2) is 66.9 Å². The van der Waals surface area contributed by atoms with Crippen LogP contribution in [0.5, 0.6) is 0 Å². The van der Waals surface area contributed by atoms with Crippen LogP contribution in [0.1, 0.15) is 25.0 Å². The monoisotopic (exact) mass is 410 g/mol. The number of carbonyl (C=O) groups excluding carboxylic acids is 1. The normalized spacial score (nSPS) is 15.7. The predicted molar refractivity (Wildman–Crippen MR) is 116 cm³/mol. The summed E-state index contributed by atoms with van der Waals surface area (Å²) < 4.78 is 16.5. The summed E-state index contributed by atoms with van der Waals surface area (Å²) in [7, 11) is 0. The first-order valence-electron chi connectivity index (χ1n) is 10.2. The van der Waals surface area contributed by atoms with Crippen LogP contribution < -0.4 is 4.90 Å². The van der Waals surface area contributed by atoms with E-state index in [-0.39, 0.29) is 18.3 Å². The molecular weight excluding hydrogens is 391 g/mol. The third kappa shape index (κ3) is 2.39. The van der Waals surface area contributed by atoms with Gasteiger partial charge in [-0.05, 0) is 43.2 Å². The minimum absolute atomic E-state index is 0.0113. The van der Waals surface area contributed by atoms with Crippen molar-refractivity contribution in [1.82, 2.24) is 15.0 Å². The summed E-state index contributed by atoms with van der Waals surface area (Å²) >= 11 is 0. The van der Waals surface area contributed by atoms with Crippen molar-refractivity contribution in [1.29, 1.82) is 0 Å². The van der Waals surface area contributed by atoms with Crippen molar-refractivity contribution in [3.63, 3.8) is 0 Å². The molecule has 1 amide bonds. The van der Waals surface area contributed by atoms with Gasteiger partial charge < -0.3 is 4.90 Å². The fourth-order valence-electron chi connectivity index (χ4n) is 4.77. The number of fused-ring (bicyclic) bond motifs is 2. The lowest BCUT2D eigenvalue weighted by molar-refractivity contribution is -0.122. The quantitative estimate of drug-likeness (QED) is 0.473. The third-order valence-corrected chi connectivity index (χ3v) is 6.40. The number of halogens is 1. The van der Waals surface area contributed by atoms with Crippen LogP contribution in [-0.2, 0) is 16.8 Å². The van der Waals surface area contributed by atoms with Gasteiger partial charge in [0.15, 0.2) is 0 Å². The first-order valence-corrected chi connectivity index (χ1v) is 10.2. The summed E-state index contributed by atoms with van der Waals surface area (Å²) in [5.41, 5.74) is 5.76. The summed E-state index contributed by atoms with van der Waals surface area (Å²) in [5.74, 6) is -0.312. The van der Waals surface area contributed by atoms with E-state index < -0.39 is 5.41 Å². The van der Waals surface area contributed by atoms with Crippen LogP contribution in [0, 0.1) is 5.82 Å². The highest BCUT2D eigenvalue weighted by molar-refractivity contribution is 6.14. The molecule has 152 valence electrons. The van der Waals surface area contributed by atoms with Gasteiger partial charge in [0.1, 0.15) is 11.5 Å². The van der Waals surface area contributed by atoms with Crippen LogP contribution in [0.4, 0.5) is 10.1 Å². The maximum Gasteiger partial charge on any atom is 0.237 e. The number of carbonyl (C=O) groups is 1. The molecule has 4 aromatic rings. The Morgan fingerprint density at radius 3 is 2.58 bits per heavy atom. The van der Waals surface area contributed by atoms with Crippen molar-refractivity contribution in [3.05, 3.63) is 83.8 Å². The van der Waals surface area contributed by atoms with Crippen molar-refractivity contribution in [3.8, 4) is 28.1 Å². The van der Waals surface area contributed by atoms with E-state index in [9.17, 15) is 9.18 Å². The lowest BCUT2D eigenvalue weighted by Gasteiger charge is -2.29. The summed E-state index contributed by atoms with van der Waals surface area (Å²) in [5, 5.41) is 8.71. The number of rotatable bonds is 2. The van der Waals surface area contributed by atoms with Crippen LogP contribution in [-0.4, -0.2) is 20.9 Å². The van der Waals surface area contributed by atoms with Gasteiger partial charge in [-0.1, -0.05) is 47.7 Å². The Balaban J connectivity index is 1.62. The highest BCUT2D eigenvalue weighted by Gasteiger charge is 2.48. The molecule has 3 heterocycles. The Morgan fingerprint density at radius 1 is 0.968 bits per heavy atom. The number of para-hydroxylation sites is 1. The largest absolute Gasteiger partial charge is 0.306 e. The molecule has 0 unspecified atom stereocenters. The van der Waals surface area contributed by atoms with Gasteiger partial charge in [-0.25, -0.2) is 9.07 Å². The van der Waals surface area contributed by atoms with E-state index in [1.165, 1.54) is 6.07 Å². The van der Waals surface area contributed by atoms with Crippen molar-refractivity contribution in [2.45, 2.75) is 25.8 Å². The van der Waals surface area contributed by atoms with Gasteiger partial charge >= 0.3 is 0 Å². The molecule has 0 atom stereocenters. The average molecular weight is 410 g/mol. The van der Waals surface area contributed by atoms with Crippen LogP contribution >= 0.6 is 0 Å². The number of aromatic nitrogens is 3. The SMILES string of the molecule is CC1(C)C(=O)N2Cc3c(F)cccc3-c3c(-c4cn(-c5ccccc5)nn4)ccc1c32. The number of hydrogen-bond donors (Lipinski definition) is 0. The Bertz CT molecular complexity index is 1370. The summed E-state index contributed by atoms with van der Waals surface area (Å²) in [4.78, 5) is 15.0. The minimum Gasteiger partial charge on any atom is -0.306 e. The van der Waals surface area contributed by atoms with E-state index >= 15 is 0 Å². The number of nitrogens with zero attached hydrogens (tertiary/aromatic N) is 4. The van der Waals surface area contributed by atoms with Gasteiger partial charge in [0.25, 0.3) is 0 Å². The second kappa shape index (κ2) is 6.11. The molecule has 3 aromatic carbocycles. The molecule has 2 aliphatic heterocycles. The molecule has 0 N–H and O–H groups in total. The molecule has 0 fully saturated rings. The van der Waals surface area contributed by atoms with Gasteiger partial charge in [-0.15, -0.1) is 5.10 Å². The summed E-state index contributed by atoms with van der Waals surface area (Å²) in [6, 6.07) is 18.8. The molecule has 0 radical (unpaired) electrons. The molecule has 0 saturated heterocycles. The highest BCUT2D eigenvalue weighted by Crippen LogP contribution is 2.54. The average Bonchev–Trinajstić information content (AvgIpc) is 3.34. The first kappa shape index (κ1) is 18.0. The lowest BCUT2D eigenvalue weighted by Crippen LogP contribution is -2.37. The fourth-order valence-corrected chi connectivity index (χ4v) is 4.77. The van der Waals surface area contributed by atoms with Crippen molar-refractivity contribution < 1.29 is 9.18 Å². The molecule has 6 rings (SSSR count). The number of amides is 1. The van der Waals surface area contributed by atoms with Crippen LogP contribution in [0.2, 0.25) is 0 Å². The topological polar surface area (TPSA) is 51.0 Å². The molecule has 0 spiro atoms. The molecule has 31 heavy (non-hydrogen) atoms. The Labute approximate surface area is 178 Å². The van der Waals surface area contributed by atoms with E-state index in [1.54, 1.807) is 15.6 Å².